The van der Waals surface area contributed by atoms with Crippen LogP contribution in [0.3, 0.4) is 0 Å². The molecule has 1 aliphatic rings. The van der Waals surface area contributed by atoms with E-state index in [2.05, 4.69) is 37.7 Å². The highest BCUT2D eigenvalue weighted by Gasteiger charge is 2.25. The molecule has 1 unspecified atom stereocenters. The van der Waals surface area contributed by atoms with Gasteiger partial charge in [-0.1, -0.05) is 27.7 Å². The van der Waals surface area contributed by atoms with Gasteiger partial charge in [-0.2, -0.15) is 0 Å². The summed E-state index contributed by atoms with van der Waals surface area (Å²) >= 11 is 1.63. The molecule has 0 aromatic heterocycles. The van der Waals surface area contributed by atoms with E-state index in [1.807, 2.05) is 6.26 Å². The van der Waals surface area contributed by atoms with Crippen molar-refractivity contribution in [1.29, 1.82) is 0 Å². The molecular formula is C10H20N4S. The molecular weight excluding hydrogens is 208 g/mol. The average molecular weight is 228 g/mol. The highest BCUT2D eigenvalue weighted by Crippen LogP contribution is 2.20. The van der Waals surface area contributed by atoms with E-state index in [1.54, 1.807) is 16.8 Å². The first-order valence-electron chi connectivity index (χ1n) is 5.20. The van der Waals surface area contributed by atoms with Crippen molar-refractivity contribution in [2.75, 3.05) is 6.26 Å². The van der Waals surface area contributed by atoms with Gasteiger partial charge in [0.15, 0.2) is 5.50 Å². The van der Waals surface area contributed by atoms with Crippen LogP contribution in [0.15, 0.2) is 9.98 Å². The van der Waals surface area contributed by atoms with Crippen LogP contribution < -0.4 is 5.84 Å². The molecule has 0 saturated carbocycles. The van der Waals surface area contributed by atoms with Crippen molar-refractivity contribution in [2.45, 2.75) is 33.2 Å². The Morgan fingerprint density at radius 2 is 1.87 bits per heavy atom. The summed E-state index contributed by atoms with van der Waals surface area (Å²) in [5.41, 5.74) is -0.0303. The Morgan fingerprint density at radius 1 is 1.27 bits per heavy atom. The minimum atomic E-state index is -0.0303. The molecule has 0 fully saturated rings. The van der Waals surface area contributed by atoms with Crippen LogP contribution in [0.5, 0.6) is 0 Å². The summed E-state index contributed by atoms with van der Waals surface area (Å²) in [5.74, 6) is 8.48. The van der Waals surface area contributed by atoms with Gasteiger partial charge in [-0.05, 0) is 6.26 Å². The van der Waals surface area contributed by atoms with Crippen LogP contribution in [0.1, 0.15) is 27.7 Å². The Labute approximate surface area is 96.0 Å². The number of nitrogens with zero attached hydrogens (tertiary/aromatic N) is 3. The minimum Gasteiger partial charge on any atom is -0.264 e. The second-order valence-corrected chi connectivity index (χ2v) is 5.13. The Bertz CT molecular complexity index is 283. The number of aliphatic imine (C=N–C) groups is 2. The number of nitrogens with two attached hydrogens (primary N) is 1. The molecule has 1 aliphatic heterocycles. The van der Waals surface area contributed by atoms with Gasteiger partial charge in [0.2, 0.25) is 0 Å². The molecule has 0 bridgehead atoms. The van der Waals surface area contributed by atoms with Gasteiger partial charge >= 0.3 is 0 Å². The smallest absolute Gasteiger partial charge is 0.185 e. The average Bonchev–Trinajstić information content (AvgIpc) is 2.17. The number of rotatable bonds is 3. The summed E-state index contributed by atoms with van der Waals surface area (Å²) < 4.78 is 0. The van der Waals surface area contributed by atoms with E-state index in [0.717, 1.165) is 11.7 Å². The summed E-state index contributed by atoms with van der Waals surface area (Å²) in [6.07, 6.45) is 2.01. The number of amidine groups is 2. The molecule has 0 saturated heterocycles. The molecule has 0 amide bonds. The number of hydrazine groups is 1. The van der Waals surface area contributed by atoms with Crippen molar-refractivity contribution in [2.24, 2.45) is 27.7 Å². The second-order valence-electron chi connectivity index (χ2n) is 4.24. The van der Waals surface area contributed by atoms with Gasteiger partial charge in [0.25, 0.3) is 0 Å². The van der Waals surface area contributed by atoms with Crippen LogP contribution >= 0.6 is 11.8 Å². The molecule has 2 N–H and O–H groups in total. The zero-order valence-electron chi connectivity index (χ0n) is 10.1. The Kier molecular flexibility index (Phi) is 4.16. The molecule has 0 aromatic carbocycles. The third-order valence-electron chi connectivity index (χ3n) is 2.22. The number of hydrogen-bond donors (Lipinski definition) is 1. The fourth-order valence-corrected chi connectivity index (χ4v) is 1.91. The minimum absolute atomic E-state index is 0.0303. The summed E-state index contributed by atoms with van der Waals surface area (Å²) in [6, 6.07) is 0. The van der Waals surface area contributed by atoms with E-state index in [0.29, 0.717) is 11.8 Å². The van der Waals surface area contributed by atoms with Crippen LogP contribution in [0.4, 0.5) is 0 Å². The molecule has 0 aliphatic carbocycles. The van der Waals surface area contributed by atoms with E-state index >= 15 is 0 Å². The normalized spacial score (nSPS) is 22.1. The quantitative estimate of drug-likeness (QED) is 0.751. The van der Waals surface area contributed by atoms with Crippen molar-refractivity contribution in [3.63, 3.8) is 0 Å². The maximum Gasteiger partial charge on any atom is 0.185 e. The zero-order chi connectivity index (χ0) is 11.6. The maximum absolute atomic E-state index is 5.97. The van der Waals surface area contributed by atoms with Crippen molar-refractivity contribution in [1.82, 2.24) is 5.01 Å². The molecule has 1 heterocycles. The van der Waals surface area contributed by atoms with Crippen LogP contribution in [0, 0.1) is 11.8 Å². The van der Waals surface area contributed by atoms with Crippen LogP contribution in [-0.4, -0.2) is 28.4 Å². The zero-order valence-corrected chi connectivity index (χ0v) is 10.9. The molecule has 4 nitrogen and oxygen atoms in total. The van der Waals surface area contributed by atoms with E-state index < -0.39 is 0 Å². The Morgan fingerprint density at radius 3 is 2.27 bits per heavy atom. The Hall–Kier alpha value is -0.550. The largest absolute Gasteiger partial charge is 0.264 e. The third-order valence-corrected chi connectivity index (χ3v) is 2.97. The predicted octanol–water partition coefficient (Wildman–Crippen LogP) is 1.93. The number of hydrogen-bond acceptors (Lipinski definition) is 5. The summed E-state index contributed by atoms with van der Waals surface area (Å²) in [6.45, 7) is 8.40. The van der Waals surface area contributed by atoms with Crippen LogP contribution in [-0.2, 0) is 0 Å². The molecule has 0 radical (unpaired) electrons. The van der Waals surface area contributed by atoms with Crippen LogP contribution in [0.25, 0.3) is 0 Å². The first-order valence-corrected chi connectivity index (χ1v) is 6.49. The topological polar surface area (TPSA) is 54.0 Å². The lowest BCUT2D eigenvalue weighted by molar-refractivity contribution is 0.394. The Balaban J connectivity index is 3.01. The molecule has 1 atom stereocenters. The van der Waals surface area contributed by atoms with Gasteiger partial charge in [0, 0.05) is 11.8 Å². The molecule has 15 heavy (non-hydrogen) atoms. The molecule has 1 rings (SSSR count). The first kappa shape index (κ1) is 12.5. The summed E-state index contributed by atoms with van der Waals surface area (Å²) in [5, 5.41) is 1.67. The van der Waals surface area contributed by atoms with Crippen molar-refractivity contribution >= 4 is 23.4 Å². The van der Waals surface area contributed by atoms with Gasteiger partial charge in [0.05, 0.1) is 0 Å². The van der Waals surface area contributed by atoms with Crippen molar-refractivity contribution in [3.8, 4) is 0 Å². The van der Waals surface area contributed by atoms with Gasteiger partial charge in [-0.25, -0.2) is 15.8 Å². The lowest BCUT2D eigenvalue weighted by Crippen LogP contribution is -2.48. The van der Waals surface area contributed by atoms with Gasteiger partial charge in [0.1, 0.15) is 11.7 Å². The van der Waals surface area contributed by atoms with Gasteiger partial charge in [-0.3, -0.25) is 5.01 Å². The van der Waals surface area contributed by atoms with E-state index in [9.17, 15) is 0 Å². The highest BCUT2D eigenvalue weighted by molar-refractivity contribution is 7.99. The maximum atomic E-state index is 5.97. The molecule has 0 aromatic rings. The lowest BCUT2D eigenvalue weighted by Gasteiger charge is -2.32. The summed E-state index contributed by atoms with van der Waals surface area (Å²) in [7, 11) is 0. The SMILES string of the molecule is CSC1N=C(C(C)C)N=C(C(C)C)N1N. The molecule has 86 valence electrons. The fraction of sp³-hybridized carbons (Fsp3) is 0.800. The third kappa shape index (κ3) is 2.72. The fourth-order valence-electron chi connectivity index (χ4n) is 1.36. The first-order chi connectivity index (χ1) is 6.97. The van der Waals surface area contributed by atoms with Crippen molar-refractivity contribution < 1.29 is 0 Å². The second kappa shape index (κ2) is 4.99. The number of thioether (sulfide) groups is 1. The monoisotopic (exact) mass is 228 g/mol. The molecule has 0 spiro atoms. The predicted molar refractivity (Wildman–Crippen MR) is 67.9 cm³/mol. The van der Waals surface area contributed by atoms with Gasteiger partial charge in [-0.15, -0.1) is 11.8 Å². The van der Waals surface area contributed by atoms with E-state index in [4.69, 9.17) is 5.84 Å². The molecule has 5 heteroatoms. The van der Waals surface area contributed by atoms with Crippen molar-refractivity contribution in [3.05, 3.63) is 0 Å². The lowest BCUT2D eigenvalue weighted by atomic mass is 10.1. The van der Waals surface area contributed by atoms with E-state index in [-0.39, 0.29) is 5.50 Å². The standard InChI is InChI=1S/C10H20N4S/c1-6(2)8-12-9(7(3)4)14(11)10(13-8)15-5/h6-7,10H,11H2,1-5H3. The van der Waals surface area contributed by atoms with E-state index in [1.165, 1.54) is 0 Å². The highest BCUT2D eigenvalue weighted by atomic mass is 32.2. The van der Waals surface area contributed by atoms with Crippen LogP contribution in [0.2, 0.25) is 0 Å². The van der Waals surface area contributed by atoms with Gasteiger partial charge < -0.3 is 0 Å². The summed E-state index contributed by atoms with van der Waals surface area (Å²) in [4.78, 5) is 9.02.